The Balaban J connectivity index is 2.14. The van der Waals surface area contributed by atoms with Crippen LogP contribution in [-0.4, -0.2) is 23.2 Å². The number of urea groups is 1. The summed E-state index contributed by atoms with van der Waals surface area (Å²) in [6, 6.07) is 6.92. The van der Waals surface area contributed by atoms with Crippen molar-refractivity contribution < 1.29 is 9.32 Å². The van der Waals surface area contributed by atoms with Gasteiger partial charge in [-0.3, -0.25) is 0 Å². The van der Waals surface area contributed by atoms with E-state index in [2.05, 4.69) is 36.7 Å². The zero-order valence-electron chi connectivity index (χ0n) is 10.5. The summed E-state index contributed by atoms with van der Waals surface area (Å²) in [6.45, 7) is 1.77. The average molecular weight is 325 g/mol. The average Bonchev–Trinajstić information content (AvgIpc) is 2.89. The molecule has 1 aromatic carbocycles. The number of halogens is 1. The van der Waals surface area contributed by atoms with E-state index >= 15 is 0 Å². The number of hydrogen-bond donors (Lipinski definition) is 2. The zero-order valence-corrected chi connectivity index (χ0v) is 12.1. The van der Waals surface area contributed by atoms with E-state index in [-0.39, 0.29) is 12.1 Å². The summed E-state index contributed by atoms with van der Waals surface area (Å²) in [6.07, 6.45) is 0. The molecule has 0 aliphatic heterocycles. The Morgan fingerprint density at radius 3 is 2.68 bits per heavy atom. The molecular formula is C12H13BrN4O2. The Hall–Kier alpha value is -1.89. The third-order valence-electron chi connectivity index (χ3n) is 2.49. The van der Waals surface area contributed by atoms with Gasteiger partial charge in [0.25, 0.3) is 0 Å². The molecule has 2 N–H and O–H groups in total. The van der Waals surface area contributed by atoms with E-state index in [1.807, 2.05) is 24.3 Å². The molecule has 19 heavy (non-hydrogen) atoms. The molecule has 7 heteroatoms. The van der Waals surface area contributed by atoms with Crippen LogP contribution in [0.4, 0.5) is 4.79 Å². The van der Waals surface area contributed by atoms with E-state index in [4.69, 9.17) is 4.52 Å². The maximum absolute atomic E-state index is 11.2. The first-order chi connectivity index (χ1) is 9.10. The van der Waals surface area contributed by atoms with E-state index in [0.29, 0.717) is 11.7 Å². The van der Waals surface area contributed by atoms with Gasteiger partial charge in [-0.05, 0) is 31.2 Å². The second-order valence-electron chi connectivity index (χ2n) is 3.91. The van der Waals surface area contributed by atoms with Crippen LogP contribution in [0.5, 0.6) is 0 Å². The van der Waals surface area contributed by atoms with Gasteiger partial charge in [-0.2, -0.15) is 4.98 Å². The van der Waals surface area contributed by atoms with Crippen LogP contribution in [0.2, 0.25) is 0 Å². The molecule has 0 saturated heterocycles. The number of nitrogens with zero attached hydrogens (tertiary/aromatic N) is 2. The molecule has 0 aliphatic rings. The lowest BCUT2D eigenvalue weighted by Crippen LogP contribution is -2.34. The minimum atomic E-state index is -0.350. The summed E-state index contributed by atoms with van der Waals surface area (Å²) in [7, 11) is 1.54. The van der Waals surface area contributed by atoms with Crippen molar-refractivity contribution in [1.29, 1.82) is 0 Å². The fraction of sp³-hybridized carbons (Fsp3) is 0.250. The topological polar surface area (TPSA) is 80.0 Å². The molecule has 0 bridgehead atoms. The minimum Gasteiger partial charge on any atom is -0.341 e. The Morgan fingerprint density at radius 2 is 2.05 bits per heavy atom. The van der Waals surface area contributed by atoms with E-state index in [1.165, 1.54) is 0 Å². The lowest BCUT2D eigenvalue weighted by Gasteiger charge is -2.07. The van der Waals surface area contributed by atoms with Gasteiger partial charge < -0.3 is 15.2 Å². The molecule has 0 saturated carbocycles. The second kappa shape index (κ2) is 5.83. The van der Waals surface area contributed by atoms with E-state index in [0.717, 1.165) is 10.0 Å². The fourth-order valence-electron chi connectivity index (χ4n) is 1.46. The van der Waals surface area contributed by atoms with Gasteiger partial charge in [0, 0.05) is 17.1 Å². The molecule has 0 radical (unpaired) electrons. The van der Waals surface area contributed by atoms with Crippen LogP contribution in [0.3, 0.4) is 0 Å². The highest BCUT2D eigenvalue weighted by Gasteiger charge is 2.16. The predicted molar refractivity (Wildman–Crippen MR) is 73.4 cm³/mol. The van der Waals surface area contributed by atoms with Crippen LogP contribution in [0, 0.1) is 0 Å². The quantitative estimate of drug-likeness (QED) is 0.909. The molecule has 0 fully saturated rings. The highest BCUT2D eigenvalue weighted by Crippen LogP contribution is 2.20. The lowest BCUT2D eigenvalue weighted by atomic mass is 10.2. The van der Waals surface area contributed by atoms with Crippen molar-refractivity contribution in [3.05, 3.63) is 34.6 Å². The number of hydrogen-bond acceptors (Lipinski definition) is 4. The van der Waals surface area contributed by atoms with Crippen molar-refractivity contribution in [3.8, 4) is 11.4 Å². The summed E-state index contributed by atoms with van der Waals surface area (Å²) in [5, 5.41) is 9.03. The minimum absolute atomic E-state index is 0.295. The number of benzene rings is 1. The molecule has 1 aromatic heterocycles. The molecule has 1 atom stereocenters. The van der Waals surface area contributed by atoms with Gasteiger partial charge in [0.15, 0.2) is 0 Å². The fourth-order valence-corrected chi connectivity index (χ4v) is 1.72. The Labute approximate surface area is 118 Å². The van der Waals surface area contributed by atoms with Gasteiger partial charge >= 0.3 is 6.03 Å². The molecule has 2 amide bonds. The maximum atomic E-state index is 11.2. The van der Waals surface area contributed by atoms with Gasteiger partial charge in [0.05, 0.1) is 0 Å². The Kier molecular flexibility index (Phi) is 4.16. The largest absolute Gasteiger partial charge is 0.341 e. The van der Waals surface area contributed by atoms with Crippen LogP contribution < -0.4 is 10.6 Å². The Morgan fingerprint density at radius 1 is 1.37 bits per heavy atom. The first-order valence-electron chi connectivity index (χ1n) is 5.68. The normalized spacial score (nSPS) is 11.9. The summed E-state index contributed by atoms with van der Waals surface area (Å²) in [5.74, 6) is 0.856. The predicted octanol–water partition coefficient (Wildman–Crippen LogP) is 2.49. The number of carbonyl (C=O) groups excluding carboxylic acids is 1. The number of rotatable bonds is 3. The number of amides is 2. The number of nitrogens with one attached hydrogen (secondary N) is 2. The van der Waals surface area contributed by atoms with Crippen LogP contribution in [0.25, 0.3) is 11.4 Å². The van der Waals surface area contributed by atoms with Crippen LogP contribution in [-0.2, 0) is 0 Å². The molecule has 1 unspecified atom stereocenters. The van der Waals surface area contributed by atoms with Crippen molar-refractivity contribution in [3.63, 3.8) is 0 Å². The molecule has 2 aromatic rings. The van der Waals surface area contributed by atoms with Crippen molar-refractivity contribution in [2.45, 2.75) is 13.0 Å². The van der Waals surface area contributed by atoms with Crippen molar-refractivity contribution in [1.82, 2.24) is 20.8 Å². The van der Waals surface area contributed by atoms with E-state index in [9.17, 15) is 4.79 Å². The zero-order chi connectivity index (χ0) is 13.8. The van der Waals surface area contributed by atoms with Gasteiger partial charge in [0.1, 0.15) is 6.04 Å². The molecule has 1 heterocycles. The van der Waals surface area contributed by atoms with Crippen LogP contribution in [0.15, 0.2) is 33.3 Å². The van der Waals surface area contributed by atoms with E-state index in [1.54, 1.807) is 14.0 Å². The summed E-state index contributed by atoms with van der Waals surface area (Å²) < 4.78 is 6.12. The molecule has 6 nitrogen and oxygen atoms in total. The first kappa shape index (κ1) is 13.5. The van der Waals surface area contributed by atoms with Crippen molar-refractivity contribution in [2.75, 3.05) is 7.05 Å². The number of carbonyl (C=O) groups is 1. The van der Waals surface area contributed by atoms with Crippen molar-refractivity contribution in [2.24, 2.45) is 0 Å². The molecule has 2 rings (SSSR count). The van der Waals surface area contributed by atoms with Gasteiger partial charge in [-0.15, -0.1) is 0 Å². The monoisotopic (exact) mass is 324 g/mol. The first-order valence-corrected chi connectivity index (χ1v) is 6.47. The van der Waals surface area contributed by atoms with Gasteiger partial charge in [-0.25, -0.2) is 4.79 Å². The van der Waals surface area contributed by atoms with Crippen molar-refractivity contribution >= 4 is 22.0 Å². The SMILES string of the molecule is CNC(=O)NC(C)c1nc(-c2ccc(Br)cc2)no1. The maximum Gasteiger partial charge on any atom is 0.315 e. The van der Waals surface area contributed by atoms with Gasteiger partial charge in [-0.1, -0.05) is 21.1 Å². The van der Waals surface area contributed by atoms with Gasteiger partial charge in [0.2, 0.25) is 11.7 Å². The summed E-state index contributed by atoms with van der Waals surface area (Å²) >= 11 is 3.36. The summed E-state index contributed by atoms with van der Waals surface area (Å²) in [5.41, 5.74) is 0.852. The Bertz CT molecular complexity index is 567. The standard InChI is InChI=1S/C12H13BrN4O2/c1-7(15-12(18)14-2)11-16-10(17-19-11)8-3-5-9(13)6-4-8/h3-7H,1-2H3,(H2,14,15,18). The van der Waals surface area contributed by atoms with Crippen LogP contribution >= 0.6 is 15.9 Å². The molecule has 0 spiro atoms. The highest BCUT2D eigenvalue weighted by atomic mass is 79.9. The smallest absolute Gasteiger partial charge is 0.315 e. The molecular weight excluding hydrogens is 312 g/mol. The third kappa shape index (κ3) is 3.31. The summed E-state index contributed by atoms with van der Waals surface area (Å²) in [4.78, 5) is 15.5. The van der Waals surface area contributed by atoms with E-state index < -0.39 is 0 Å². The molecule has 100 valence electrons. The third-order valence-corrected chi connectivity index (χ3v) is 3.02. The highest BCUT2D eigenvalue weighted by molar-refractivity contribution is 9.10. The number of aromatic nitrogens is 2. The lowest BCUT2D eigenvalue weighted by molar-refractivity contribution is 0.236. The second-order valence-corrected chi connectivity index (χ2v) is 4.82. The molecule has 0 aliphatic carbocycles. The van der Waals surface area contributed by atoms with Crippen LogP contribution in [0.1, 0.15) is 18.9 Å².